The van der Waals surface area contributed by atoms with E-state index < -0.39 is 17.8 Å². The van der Waals surface area contributed by atoms with Crippen molar-refractivity contribution in [3.05, 3.63) is 35.4 Å². The summed E-state index contributed by atoms with van der Waals surface area (Å²) in [6.07, 6.45) is 3.78. The molecule has 3 atom stereocenters. The van der Waals surface area contributed by atoms with E-state index in [0.29, 0.717) is 24.0 Å². The number of ether oxygens (including phenoxy) is 1. The van der Waals surface area contributed by atoms with Gasteiger partial charge in [0, 0.05) is 11.8 Å². The number of carbonyl (C=O) groups excluding carboxylic acids is 4. The summed E-state index contributed by atoms with van der Waals surface area (Å²) in [6.45, 7) is -0.370. The van der Waals surface area contributed by atoms with Gasteiger partial charge >= 0.3 is 5.97 Å². The Morgan fingerprint density at radius 1 is 1.00 bits per heavy atom. The lowest BCUT2D eigenvalue weighted by Gasteiger charge is -2.36. The minimum atomic E-state index is -0.441. The van der Waals surface area contributed by atoms with Crippen molar-refractivity contribution < 1.29 is 23.9 Å². The molecule has 0 spiro atoms. The third-order valence-electron chi connectivity index (χ3n) is 5.60. The maximum atomic E-state index is 12.4. The molecule has 6 nitrogen and oxygen atoms in total. The van der Waals surface area contributed by atoms with E-state index in [4.69, 9.17) is 4.74 Å². The second-order valence-electron chi connectivity index (χ2n) is 7.07. The van der Waals surface area contributed by atoms with Gasteiger partial charge in [-0.25, -0.2) is 4.90 Å². The molecule has 3 aliphatic rings. The molecule has 0 radical (unpaired) electrons. The topological polar surface area (TPSA) is 80.8 Å². The normalized spacial score (nSPS) is 28.1. The van der Waals surface area contributed by atoms with Gasteiger partial charge in [0.2, 0.25) is 0 Å². The lowest BCUT2D eigenvalue weighted by atomic mass is 9.67. The fourth-order valence-corrected chi connectivity index (χ4v) is 4.27. The standard InChI is InChI=1S/C19H19NO5/c21-16-11-4-3-5-12(16)9-13(8-11)19(24)25-10-20-17(22)14-6-1-2-7-15(14)18(20)23/h1-2,6-7,11-13H,3-5,8-10H2/t11-,12+,13?. The molecule has 0 aromatic heterocycles. The van der Waals surface area contributed by atoms with E-state index >= 15 is 0 Å². The minimum Gasteiger partial charge on any atom is -0.443 e. The monoisotopic (exact) mass is 341 g/mol. The van der Waals surface area contributed by atoms with Crippen LogP contribution < -0.4 is 0 Å². The molecule has 130 valence electrons. The van der Waals surface area contributed by atoms with Gasteiger partial charge in [0.15, 0.2) is 6.73 Å². The molecular formula is C19H19NO5. The van der Waals surface area contributed by atoms with E-state index in [1.165, 1.54) is 0 Å². The highest BCUT2D eigenvalue weighted by Crippen LogP contribution is 2.40. The molecule has 2 amide bonds. The fraction of sp³-hybridized carbons (Fsp3) is 0.474. The van der Waals surface area contributed by atoms with Crippen LogP contribution in [0.25, 0.3) is 0 Å². The molecule has 2 aliphatic carbocycles. The van der Waals surface area contributed by atoms with Crippen LogP contribution in [-0.2, 0) is 14.3 Å². The van der Waals surface area contributed by atoms with Crippen LogP contribution in [0.15, 0.2) is 24.3 Å². The maximum absolute atomic E-state index is 12.4. The van der Waals surface area contributed by atoms with Gasteiger partial charge in [0.25, 0.3) is 11.8 Å². The molecule has 1 unspecified atom stereocenters. The number of fused-ring (bicyclic) bond motifs is 3. The Bertz CT molecular complexity index is 720. The number of imide groups is 1. The molecule has 1 aliphatic heterocycles. The average molecular weight is 341 g/mol. The number of nitrogens with zero attached hydrogens (tertiary/aromatic N) is 1. The molecule has 25 heavy (non-hydrogen) atoms. The highest BCUT2D eigenvalue weighted by molar-refractivity contribution is 6.21. The van der Waals surface area contributed by atoms with Crippen LogP contribution in [0.5, 0.6) is 0 Å². The Hall–Kier alpha value is -2.50. The number of hydrogen-bond donors (Lipinski definition) is 0. The first-order valence-corrected chi connectivity index (χ1v) is 8.72. The third-order valence-corrected chi connectivity index (χ3v) is 5.60. The Labute approximate surface area is 145 Å². The first-order valence-electron chi connectivity index (χ1n) is 8.72. The van der Waals surface area contributed by atoms with Gasteiger partial charge in [-0.1, -0.05) is 18.6 Å². The van der Waals surface area contributed by atoms with Crippen molar-refractivity contribution in [3.63, 3.8) is 0 Å². The predicted molar refractivity (Wildman–Crippen MR) is 86.5 cm³/mol. The largest absolute Gasteiger partial charge is 0.443 e. The van der Waals surface area contributed by atoms with Crippen molar-refractivity contribution in [1.29, 1.82) is 0 Å². The molecule has 2 bridgehead atoms. The third kappa shape index (κ3) is 2.65. The molecule has 1 heterocycles. The second kappa shape index (κ2) is 6.10. The van der Waals surface area contributed by atoms with Crippen LogP contribution in [0.4, 0.5) is 0 Å². The zero-order valence-electron chi connectivity index (χ0n) is 13.8. The summed E-state index contributed by atoms with van der Waals surface area (Å²) in [5.74, 6) is -1.40. The van der Waals surface area contributed by atoms with Gasteiger partial charge in [0.1, 0.15) is 5.78 Å². The lowest BCUT2D eigenvalue weighted by molar-refractivity contribution is -0.155. The van der Waals surface area contributed by atoms with Crippen LogP contribution in [0.1, 0.15) is 52.8 Å². The van der Waals surface area contributed by atoms with Crippen molar-refractivity contribution >= 4 is 23.6 Å². The van der Waals surface area contributed by atoms with Gasteiger partial charge in [-0.2, -0.15) is 0 Å². The summed E-state index contributed by atoms with van der Waals surface area (Å²) in [7, 11) is 0. The van der Waals surface area contributed by atoms with Gasteiger partial charge in [-0.3, -0.25) is 19.2 Å². The number of carbonyl (C=O) groups is 4. The van der Waals surface area contributed by atoms with Crippen LogP contribution in [0.2, 0.25) is 0 Å². The van der Waals surface area contributed by atoms with Crippen molar-refractivity contribution in [3.8, 4) is 0 Å². The van der Waals surface area contributed by atoms with Crippen molar-refractivity contribution in [2.24, 2.45) is 17.8 Å². The second-order valence-corrected chi connectivity index (χ2v) is 7.07. The van der Waals surface area contributed by atoms with Crippen LogP contribution >= 0.6 is 0 Å². The molecular weight excluding hydrogens is 322 g/mol. The van der Waals surface area contributed by atoms with Crippen molar-refractivity contribution in [2.45, 2.75) is 32.1 Å². The smallest absolute Gasteiger partial charge is 0.310 e. The van der Waals surface area contributed by atoms with Crippen molar-refractivity contribution in [1.82, 2.24) is 4.90 Å². The number of benzene rings is 1. The van der Waals surface area contributed by atoms with E-state index in [0.717, 1.165) is 24.2 Å². The molecule has 1 aromatic rings. The number of rotatable bonds is 3. The summed E-state index contributed by atoms with van der Waals surface area (Å²) < 4.78 is 5.27. The SMILES string of the molecule is O=C(OCN1C(=O)c2ccccc2C1=O)C1C[C@H]2CCC[C@@H](C1)C2=O. The van der Waals surface area contributed by atoms with Crippen LogP contribution in [-0.4, -0.2) is 35.2 Å². The Morgan fingerprint density at radius 3 is 2.12 bits per heavy atom. The Kier molecular flexibility index (Phi) is 3.90. The molecule has 2 fully saturated rings. The zero-order chi connectivity index (χ0) is 17.6. The zero-order valence-corrected chi connectivity index (χ0v) is 13.8. The average Bonchev–Trinajstić information content (AvgIpc) is 2.84. The van der Waals surface area contributed by atoms with E-state index in [1.807, 2.05) is 0 Å². The Balaban J connectivity index is 1.39. The predicted octanol–water partition coefficient (Wildman–Crippen LogP) is 2.18. The van der Waals surface area contributed by atoms with Gasteiger partial charge in [0.05, 0.1) is 17.0 Å². The quantitative estimate of drug-likeness (QED) is 0.622. The molecule has 0 N–H and O–H groups in total. The van der Waals surface area contributed by atoms with Crippen LogP contribution in [0.3, 0.4) is 0 Å². The summed E-state index contributed by atoms with van der Waals surface area (Å²) in [6, 6.07) is 6.56. The number of esters is 1. The van der Waals surface area contributed by atoms with Gasteiger partial charge in [-0.15, -0.1) is 0 Å². The highest BCUT2D eigenvalue weighted by Gasteiger charge is 2.42. The molecule has 4 rings (SSSR count). The molecule has 1 aromatic carbocycles. The molecule has 2 saturated carbocycles. The summed E-state index contributed by atoms with van der Waals surface area (Å²) in [5.41, 5.74) is 0.669. The lowest BCUT2D eigenvalue weighted by Crippen LogP contribution is -2.41. The minimum absolute atomic E-state index is 0.0376. The highest BCUT2D eigenvalue weighted by atomic mass is 16.5. The summed E-state index contributed by atoms with van der Waals surface area (Å²) >= 11 is 0. The van der Waals surface area contributed by atoms with E-state index in [2.05, 4.69) is 0 Å². The number of ketones is 1. The number of Topliss-reactive ketones (excluding diaryl/α,β-unsaturated/α-hetero) is 1. The van der Waals surface area contributed by atoms with E-state index in [1.54, 1.807) is 24.3 Å². The van der Waals surface area contributed by atoms with E-state index in [9.17, 15) is 19.2 Å². The number of hydrogen-bond acceptors (Lipinski definition) is 5. The van der Waals surface area contributed by atoms with E-state index in [-0.39, 0.29) is 30.3 Å². The first-order chi connectivity index (χ1) is 12.1. The maximum Gasteiger partial charge on any atom is 0.310 e. The number of amides is 2. The van der Waals surface area contributed by atoms with Gasteiger partial charge in [-0.05, 0) is 37.8 Å². The Morgan fingerprint density at radius 2 is 1.56 bits per heavy atom. The fourth-order valence-electron chi connectivity index (χ4n) is 4.27. The summed E-state index contributed by atoms with van der Waals surface area (Å²) in [4.78, 5) is 50.0. The van der Waals surface area contributed by atoms with Crippen LogP contribution in [0, 0.1) is 17.8 Å². The molecule has 0 saturated heterocycles. The summed E-state index contributed by atoms with van der Waals surface area (Å²) in [5, 5.41) is 0. The van der Waals surface area contributed by atoms with Crippen molar-refractivity contribution in [2.75, 3.05) is 6.73 Å². The van der Waals surface area contributed by atoms with Gasteiger partial charge < -0.3 is 4.74 Å². The first kappa shape index (κ1) is 16.0. The molecule has 6 heteroatoms.